The molecular weight excluding hydrogens is 448 g/mol. The maximum Gasteiger partial charge on any atom is 0.258 e. The second kappa shape index (κ2) is 9.41. The number of anilines is 2. The van der Waals surface area contributed by atoms with Crippen LogP contribution < -0.4 is 15.0 Å². The summed E-state index contributed by atoms with van der Waals surface area (Å²) in [6.45, 7) is 0.391. The summed E-state index contributed by atoms with van der Waals surface area (Å²) >= 11 is 6.15. The number of fused-ring (bicyclic) bond motifs is 2. The first-order valence-corrected chi connectivity index (χ1v) is 11.3. The van der Waals surface area contributed by atoms with Crippen molar-refractivity contribution in [3.8, 4) is 11.5 Å². The average Bonchev–Trinajstić information content (AvgIpc) is 3.02. The Bertz CT molecular complexity index is 1370. The van der Waals surface area contributed by atoms with E-state index in [4.69, 9.17) is 16.3 Å². The molecule has 0 saturated heterocycles. The molecule has 0 saturated carbocycles. The topological polar surface area (TPSA) is 58.6 Å². The highest BCUT2D eigenvalue weighted by Gasteiger charge is 2.26. The van der Waals surface area contributed by atoms with E-state index in [2.05, 4.69) is 5.32 Å². The Morgan fingerprint density at radius 3 is 2.29 bits per heavy atom. The molecular formula is C28H21ClN2O3. The van der Waals surface area contributed by atoms with Crippen LogP contribution in [0.3, 0.4) is 0 Å². The number of ether oxygens (including phenoxy) is 1. The van der Waals surface area contributed by atoms with E-state index in [1.165, 1.54) is 0 Å². The Hall–Kier alpha value is -4.09. The minimum absolute atomic E-state index is 0.151. The van der Waals surface area contributed by atoms with Crippen LogP contribution in [0.4, 0.5) is 11.4 Å². The van der Waals surface area contributed by atoms with Crippen LogP contribution in [0, 0.1) is 0 Å². The minimum Gasteiger partial charge on any atom is -0.455 e. The molecule has 0 aliphatic carbocycles. The van der Waals surface area contributed by atoms with Crippen molar-refractivity contribution in [1.82, 2.24) is 0 Å². The molecule has 0 radical (unpaired) electrons. The van der Waals surface area contributed by atoms with Gasteiger partial charge in [-0.15, -0.1) is 0 Å². The molecule has 34 heavy (non-hydrogen) atoms. The Balaban J connectivity index is 1.35. The Morgan fingerprint density at radius 2 is 1.50 bits per heavy atom. The monoisotopic (exact) mass is 468 g/mol. The van der Waals surface area contributed by atoms with Crippen LogP contribution in [0.1, 0.15) is 21.5 Å². The van der Waals surface area contributed by atoms with Crippen LogP contribution in [-0.4, -0.2) is 11.8 Å². The number of para-hydroxylation sites is 3. The van der Waals surface area contributed by atoms with E-state index in [1.54, 1.807) is 35.2 Å². The lowest BCUT2D eigenvalue weighted by Crippen LogP contribution is -2.29. The molecule has 1 heterocycles. The highest BCUT2D eigenvalue weighted by Crippen LogP contribution is 2.39. The Morgan fingerprint density at radius 1 is 0.824 bits per heavy atom. The molecule has 0 fully saturated rings. The molecule has 0 aromatic heterocycles. The van der Waals surface area contributed by atoms with Crippen molar-refractivity contribution < 1.29 is 14.3 Å². The molecule has 1 N–H and O–H groups in total. The van der Waals surface area contributed by atoms with Gasteiger partial charge in [-0.3, -0.25) is 9.59 Å². The molecule has 5 nitrogen and oxygen atoms in total. The number of nitrogens with one attached hydrogen (secondary N) is 1. The number of halogens is 1. The molecule has 2 amide bonds. The van der Waals surface area contributed by atoms with Crippen LogP contribution in [0.25, 0.3) is 0 Å². The molecule has 0 spiro atoms. The number of nitrogens with zero attached hydrogens (tertiary/aromatic N) is 1. The molecule has 168 valence electrons. The van der Waals surface area contributed by atoms with Crippen molar-refractivity contribution >= 4 is 34.8 Å². The van der Waals surface area contributed by atoms with Crippen LogP contribution in [0.5, 0.6) is 11.5 Å². The molecule has 1 aliphatic heterocycles. The van der Waals surface area contributed by atoms with E-state index in [-0.39, 0.29) is 18.2 Å². The fourth-order valence-electron chi connectivity index (χ4n) is 3.93. The third-order valence-electron chi connectivity index (χ3n) is 5.65. The zero-order valence-electron chi connectivity index (χ0n) is 18.2. The summed E-state index contributed by atoms with van der Waals surface area (Å²) in [7, 11) is 0. The van der Waals surface area contributed by atoms with Gasteiger partial charge in [-0.1, -0.05) is 60.1 Å². The van der Waals surface area contributed by atoms with Crippen molar-refractivity contribution in [3.63, 3.8) is 0 Å². The summed E-state index contributed by atoms with van der Waals surface area (Å²) in [5, 5.41) is 3.42. The van der Waals surface area contributed by atoms with Gasteiger partial charge in [-0.2, -0.15) is 0 Å². The van der Waals surface area contributed by atoms with Gasteiger partial charge in [0.05, 0.1) is 18.7 Å². The van der Waals surface area contributed by atoms with Crippen molar-refractivity contribution in [2.45, 2.75) is 13.0 Å². The molecule has 4 aromatic carbocycles. The van der Waals surface area contributed by atoms with Crippen molar-refractivity contribution in [1.29, 1.82) is 0 Å². The molecule has 5 rings (SSSR count). The van der Waals surface area contributed by atoms with Gasteiger partial charge < -0.3 is 15.0 Å². The molecule has 4 aromatic rings. The summed E-state index contributed by atoms with van der Waals surface area (Å²) in [6, 6.07) is 29.4. The van der Waals surface area contributed by atoms with Gasteiger partial charge in [-0.05, 0) is 54.1 Å². The summed E-state index contributed by atoms with van der Waals surface area (Å²) in [4.78, 5) is 27.7. The lowest BCUT2D eigenvalue weighted by Gasteiger charge is -2.22. The van der Waals surface area contributed by atoms with E-state index in [1.807, 2.05) is 66.7 Å². The smallest absolute Gasteiger partial charge is 0.258 e. The fourth-order valence-corrected chi connectivity index (χ4v) is 4.13. The van der Waals surface area contributed by atoms with Crippen LogP contribution in [-0.2, 0) is 17.8 Å². The Labute approximate surface area is 202 Å². The number of benzene rings is 4. The first kappa shape index (κ1) is 21.7. The van der Waals surface area contributed by atoms with Gasteiger partial charge in [0.1, 0.15) is 5.75 Å². The van der Waals surface area contributed by atoms with Crippen LogP contribution in [0.15, 0.2) is 97.1 Å². The molecule has 1 aliphatic rings. The third kappa shape index (κ3) is 4.51. The number of hydrogen-bond donors (Lipinski definition) is 1. The molecule has 0 atom stereocenters. The lowest BCUT2D eigenvalue weighted by atomic mass is 10.1. The zero-order chi connectivity index (χ0) is 23.5. The average molecular weight is 469 g/mol. The number of carbonyl (C=O) groups is 2. The second-order valence-electron chi connectivity index (χ2n) is 7.96. The number of amides is 2. The number of hydrogen-bond acceptors (Lipinski definition) is 3. The standard InChI is InChI=1S/C28H21ClN2O3/c29-23-9-3-1-7-20(23)17-27(32)30-22-15-13-19(14-16-22)28(33)31-18-21-8-2-5-11-25(21)34-26-12-6-4-10-24(26)31/h1-16H,17-18H2,(H,30,32). The zero-order valence-corrected chi connectivity index (χ0v) is 19.0. The first-order chi connectivity index (χ1) is 16.6. The largest absolute Gasteiger partial charge is 0.455 e. The van der Waals surface area contributed by atoms with Gasteiger partial charge >= 0.3 is 0 Å². The van der Waals surface area contributed by atoms with E-state index < -0.39 is 0 Å². The fraction of sp³-hybridized carbons (Fsp3) is 0.0714. The normalized spacial score (nSPS) is 12.1. The lowest BCUT2D eigenvalue weighted by molar-refractivity contribution is -0.115. The van der Waals surface area contributed by atoms with Gasteiger partial charge in [0.25, 0.3) is 5.91 Å². The van der Waals surface area contributed by atoms with Gasteiger partial charge in [0, 0.05) is 21.8 Å². The summed E-state index contributed by atoms with van der Waals surface area (Å²) < 4.78 is 6.09. The van der Waals surface area contributed by atoms with Gasteiger partial charge in [0.2, 0.25) is 5.91 Å². The Kier molecular flexibility index (Phi) is 6.02. The van der Waals surface area contributed by atoms with Gasteiger partial charge in [-0.25, -0.2) is 0 Å². The van der Waals surface area contributed by atoms with E-state index in [0.29, 0.717) is 34.3 Å². The molecule has 0 bridgehead atoms. The summed E-state index contributed by atoms with van der Waals surface area (Å²) in [5.41, 5.74) is 3.52. The molecule has 0 unspecified atom stereocenters. The summed E-state index contributed by atoms with van der Waals surface area (Å²) in [5.74, 6) is 1.04. The van der Waals surface area contributed by atoms with Gasteiger partial charge in [0.15, 0.2) is 5.75 Å². The molecule has 6 heteroatoms. The van der Waals surface area contributed by atoms with Crippen molar-refractivity contribution in [2.24, 2.45) is 0 Å². The van der Waals surface area contributed by atoms with Crippen LogP contribution >= 0.6 is 11.6 Å². The predicted molar refractivity (Wildman–Crippen MR) is 134 cm³/mol. The number of carbonyl (C=O) groups excluding carboxylic acids is 2. The maximum absolute atomic E-state index is 13.5. The number of rotatable bonds is 4. The predicted octanol–water partition coefficient (Wildman–Crippen LogP) is 6.47. The van der Waals surface area contributed by atoms with Crippen molar-refractivity contribution in [3.05, 3.63) is 119 Å². The van der Waals surface area contributed by atoms with E-state index >= 15 is 0 Å². The third-order valence-corrected chi connectivity index (χ3v) is 6.02. The van der Waals surface area contributed by atoms with E-state index in [0.717, 1.165) is 16.9 Å². The van der Waals surface area contributed by atoms with E-state index in [9.17, 15) is 9.59 Å². The first-order valence-electron chi connectivity index (χ1n) is 10.9. The summed E-state index contributed by atoms with van der Waals surface area (Å²) in [6.07, 6.45) is 0.171. The highest BCUT2D eigenvalue weighted by atomic mass is 35.5. The SMILES string of the molecule is O=C(Cc1ccccc1Cl)Nc1ccc(C(=O)N2Cc3ccccc3Oc3ccccc32)cc1. The maximum atomic E-state index is 13.5. The van der Waals surface area contributed by atoms with Crippen molar-refractivity contribution in [2.75, 3.05) is 10.2 Å². The quantitative estimate of drug-likeness (QED) is 0.373. The second-order valence-corrected chi connectivity index (χ2v) is 8.37. The van der Waals surface area contributed by atoms with Crippen LogP contribution in [0.2, 0.25) is 5.02 Å². The highest BCUT2D eigenvalue weighted by molar-refractivity contribution is 6.31. The minimum atomic E-state index is -0.178.